The molecule has 5 heteroatoms. The van der Waals surface area contributed by atoms with Crippen molar-refractivity contribution >= 4 is 11.8 Å². The third-order valence-corrected chi connectivity index (χ3v) is 2.45. The van der Waals surface area contributed by atoms with E-state index in [4.69, 9.17) is 11.5 Å². The Hall–Kier alpha value is -1.10. The van der Waals surface area contributed by atoms with Gasteiger partial charge in [-0.05, 0) is 18.8 Å². The average molecular weight is 229 g/mol. The Morgan fingerprint density at radius 3 is 2.38 bits per heavy atom. The standard InChI is InChI=1S/C11H23N3O2/c1-8(2)9(12)7-11(16)14-6-4-3-5-10(13)15/h8-9H,3-7,12H2,1-2H3,(H2,13,15)(H,14,16). The van der Waals surface area contributed by atoms with E-state index >= 15 is 0 Å². The number of nitrogens with one attached hydrogen (secondary N) is 1. The van der Waals surface area contributed by atoms with Crippen LogP contribution in [0, 0.1) is 5.92 Å². The lowest BCUT2D eigenvalue weighted by Gasteiger charge is -2.14. The molecule has 0 aliphatic rings. The van der Waals surface area contributed by atoms with Gasteiger partial charge in [0.2, 0.25) is 11.8 Å². The lowest BCUT2D eigenvalue weighted by atomic mass is 10.0. The largest absolute Gasteiger partial charge is 0.370 e. The monoisotopic (exact) mass is 229 g/mol. The zero-order valence-corrected chi connectivity index (χ0v) is 10.2. The molecule has 0 aromatic rings. The van der Waals surface area contributed by atoms with Crippen molar-refractivity contribution in [3.05, 3.63) is 0 Å². The molecule has 0 aliphatic heterocycles. The molecule has 0 bridgehead atoms. The Labute approximate surface area is 96.9 Å². The molecule has 0 aromatic heterocycles. The Bertz CT molecular complexity index is 229. The number of hydrogen-bond donors (Lipinski definition) is 3. The summed E-state index contributed by atoms with van der Waals surface area (Å²) < 4.78 is 0. The molecule has 5 nitrogen and oxygen atoms in total. The summed E-state index contributed by atoms with van der Waals surface area (Å²) in [7, 11) is 0. The van der Waals surface area contributed by atoms with Crippen molar-refractivity contribution in [1.82, 2.24) is 5.32 Å². The van der Waals surface area contributed by atoms with E-state index in [2.05, 4.69) is 5.32 Å². The van der Waals surface area contributed by atoms with Crippen LogP contribution < -0.4 is 16.8 Å². The van der Waals surface area contributed by atoms with E-state index in [0.29, 0.717) is 31.7 Å². The van der Waals surface area contributed by atoms with Gasteiger partial charge in [-0.1, -0.05) is 13.8 Å². The first-order chi connectivity index (χ1) is 7.43. The number of rotatable bonds is 8. The molecule has 0 aromatic carbocycles. The summed E-state index contributed by atoms with van der Waals surface area (Å²) in [5.74, 6) is -0.0194. The zero-order valence-electron chi connectivity index (χ0n) is 10.2. The normalized spacial score (nSPS) is 12.5. The summed E-state index contributed by atoms with van der Waals surface area (Å²) >= 11 is 0. The second-order valence-electron chi connectivity index (χ2n) is 4.39. The molecule has 0 heterocycles. The van der Waals surface area contributed by atoms with Crippen molar-refractivity contribution in [2.75, 3.05) is 6.54 Å². The fourth-order valence-corrected chi connectivity index (χ4v) is 1.17. The number of carbonyl (C=O) groups excluding carboxylic acids is 2. The smallest absolute Gasteiger partial charge is 0.221 e. The van der Waals surface area contributed by atoms with E-state index in [1.165, 1.54) is 0 Å². The highest BCUT2D eigenvalue weighted by Crippen LogP contribution is 2.02. The summed E-state index contributed by atoms with van der Waals surface area (Å²) in [6.07, 6.45) is 2.21. The van der Waals surface area contributed by atoms with Crippen LogP contribution in [0.3, 0.4) is 0 Å². The van der Waals surface area contributed by atoms with Crippen LogP contribution in [-0.4, -0.2) is 24.4 Å². The van der Waals surface area contributed by atoms with Gasteiger partial charge < -0.3 is 16.8 Å². The molecule has 16 heavy (non-hydrogen) atoms. The topological polar surface area (TPSA) is 98.2 Å². The van der Waals surface area contributed by atoms with Crippen LogP contribution in [0.5, 0.6) is 0 Å². The quantitative estimate of drug-likeness (QED) is 0.516. The van der Waals surface area contributed by atoms with Gasteiger partial charge in [0.05, 0.1) is 0 Å². The van der Waals surface area contributed by atoms with Crippen molar-refractivity contribution in [2.45, 2.75) is 45.6 Å². The maximum atomic E-state index is 11.4. The van der Waals surface area contributed by atoms with Crippen LogP contribution in [0.1, 0.15) is 39.5 Å². The third kappa shape index (κ3) is 8.23. The molecule has 0 fully saturated rings. The van der Waals surface area contributed by atoms with Crippen LogP contribution in [-0.2, 0) is 9.59 Å². The van der Waals surface area contributed by atoms with Crippen LogP contribution in [0.2, 0.25) is 0 Å². The molecular formula is C11H23N3O2. The van der Waals surface area contributed by atoms with E-state index in [0.717, 1.165) is 6.42 Å². The van der Waals surface area contributed by atoms with Crippen molar-refractivity contribution in [2.24, 2.45) is 17.4 Å². The highest BCUT2D eigenvalue weighted by atomic mass is 16.1. The van der Waals surface area contributed by atoms with Crippen molar-refractivity contribution in [3.8, 4) is 0 Å². The number of unbranched alkanes of at least 4 members (excludes halogenated alkanes) is 1. The van der Waals surface area contributed by atoms with Gasteiger partial charge in [-0.2, -0.15) is 0 Å². The van der Waals surface area contributed by atoms with Crippen molar-refractivity contribution < 1.29 is 9.59 Å². The molecule has 5 N–H and O–H groups in total. The van der Waals surface area contributed by atoms with Crippen LogP contribution in [0.4, 0.5) is 0 Å². The first-order valence-corrected chi connectivity index (χ1v) is 5.74. The van der Waals surface area contributed by atoms with E-state index < -0.39 is 0 Å². The maximum Gasteiger partial charge on any atom is 0.221 e. The molecule has 1 atom stereocenters. The molecule has 2 amide bonds. The lowest BCUT2D eigenvalue weighted by Crippen LogP contribution is -2.35. The maximum absolute atomic E-state index is 11.4. The minimum atomic E-state index is -0.298. The third-order valence-electron chi connectivity index (χ3n) is 2.45. The van der Waals surface area contributed by atoms with Gasteiger partial charge in [0.1, 0.15) is 0 Å². The van der Waals surface area contributed by atoms with Crippen molar-refractivity contribution in [1.29, 1.82) is 0 Å². The molecule has 0 rings (SSSR count). The summed E-state index contributed by atoms with van der Waals surface area (Å²) in [5.41, 5.74) is 10.8. The summed E-state index contributed by atoms with van der Waals surface area (Å²) in [6, 6.07) is -0.0920. The van der Waals surface area contributed by atoms with Crippen LogP contribution in [0.15, 0.2) is 0 Å². The van der Waals surface area contributed by atoms with Gasteiger partial charge in [-0.15, -0.1) is 0 Å². The molecule has 0 saturated carbocycles. The molecule has 0 radical (unpaired) electrons. The van der Waals surface area contributed by atoms with Crippen molar-refractivity contribution in [3.63, 3.8) is 0 Å². The number of primary amides is 1. The number of hydrogen-bond acceptors (Lipinski definition) is 3. The Morgan fingerprint density at radius 2 is 1.88 bits per heavy atom. The van der Waals surface area contributed by atoms with E-state index in [-0.39, 0.29) is 17.9 Å². The van der Waals surface area contributed by atoms with E-state index in [1.54, 1.807) is 0 Å². The molecule has 1 unspecified atom stereocenters. The highest BCUT2D eigenvalue weighted by molar-refractivity contribution is 5.76. The minimum absolute atomic E-state index is 0.0275. The Morgan fingerprint density at radius 1 is 1.25 bits per heavy atom. The van der Waals surface area contributed by atoms with Crippen LogP contribution in [0.25, 0.3) is 0 Å². The molecular weight excluding hydrogens is 206 g/mol. The fourth-order valence-electron chi connectivity index (χ4n) is 1.17. The van der Waals surface area contributed by atoms with Crippen LogP contribution >= 0.6 is 0 Å². The van der Waals surface area contributed by atoms with Gasteiger partial charge in [0.25, 0.3) is 0 Å². The number of carbonyl (C=O) groups is 2. The zero-order chi connectivity index (χ0) is 12.6. The van der Waals surface area contributed by atoms with Gasteiger partial charge >= 0.3 is 0 Å². The fraction of sp³-hybridized carbons (Fsp3) is 0.818. The number of amides is 2. The summed E-state index contributed by atoms with van der Waals surface area (Å²) in [6.45, 7) is 4.56. The average Bonchev–Trinajstić information content (AvgIpc) is 2.16. The second kappa shape index (κ2) is 8.10. The Balaban J connectivity index is 3.47. The van der Waals surface area contributed by atoms with Gasteiger partial charge in [0.15, 0.2) is 0 Å². The number of nitrogens with two attached hydrogens (primary N) is 2. The van der Waals surface area contributed by atoms with E-state index in [9.17, 15) is 9.59 Å². The molecule has 0 spiro atoms. The SMILES string of the molecule is CC(C)C(N)CC(=O)NCCCCC(N)=O. The van der Waals surface area contributed by atoms with Gasteiger partial charge in [0, 0.05) is 25.4 Å². The summed E-state index contributed by atoms with van der Waals surface area (Å²) in [4.78, 5) is 21.8. The molecule has 94 valence electrons. The molecule has 0 aliphatic carbocycles. The van der Waals surface area contributed by atoms with E-state index in [1.807, 2.05) is 13.8 Å². The minimum Gasteiger partial charge on any atom is -0.370 e. The molecule has 0 saturated heterocycles. The first kappa shape index (κ1) is 14.9. The predicted octanol–water partition coefficient (Wildman–Crippen LogP) is 0.132. The highest BCUT2D eigenvalue weighted by Gasteiger charge is 2.12. The Kier molecular flexibility index (Phi) is 7.54. The second-order valence-corrected chi connectivity index (χ2v) is 4.39. The lowest BCUT2D eigenvalue weighted by molar-refractivity contribution is -0.121. The summed E-state index contributed by atoms with van der Waals surface area (Å²) in [5, 5.41) is 2.77. The van der Waals surface area contributed by atoms with Gasteiger partial charge in [-0.25, -0.2) is 0 Å². The predicted molar refractivity (Wildman–Crippen MR) is 63.5 cm³/mol. The van der Waals surface area contributed by atoms with Gasteiger partial charge in [-0.3, -0.25) is 9.59 Å². The first-order valence-electron chi connectivity index (χ1n) is 5.74.